The molecule has 1 fully saturated rings. The highest BCUT2D eigenvalue weighted by molar-refractivity contribution is 6.74. The molecule has 0 amide bonds. The van der Waals surface area contributed by atoms with Gasteiger partial charge in [0.25, 0.3) is 5.56 Å². The third-order valence-corrected chi connectivity index (χ3v) is 12.7. The molecule has 210 valence electrons. The fraction of sp³-hybridized carbons (Fsp3) is 0.480. The normalized spacial score (nSPS) is 15.5. The summed E-state index contributed by atoms with van der Waals surface area (Å²) in [6.45, 7) is 11.0. The van der Waals surface area contributed by atoms with Crippen molar-refractivity contribution < 1.29 is 9.16 Å². The van der Waals surface area contributed by atoms with Gasteiger partial charge in [-0.1, -0.05) is 68.4 Å². The first-order chi connectivity index (χ1) is 18.2. The Morgan fingerprint density at radius 3 is 2.28 bits per heavy atom. The Hall–Kier alpha value is -2.44. The van der Waals surface area contributed by atoms with E-state index in [0.29, 0.717) is 11.5 Å². The van der Waals surface area contributed by atoms with E-state index in [9.17, 15) is 9.59 Å². The molecular weight excluding hydrogens is 583 g/mol. The molecule has 0 spiro atoms. The van der Waals surface area contributed by atoms with Gasteiger partial charge in [-0.05, 0) is 49.0 Å². The van der Waals surface area contributed by atoms with Crippen molar-refractivity contribution in [1.29, 1.82) is 0 Å². The lowest BCUT2D eigenvalue weighted by molar-refractivity contribution is 0.120. The van der Waals surface area contributed by atoms with Crippen LogP contribution in [0.5, 0.6) is 11.6 Å². The molecule has 39 heavy (non-hydrogen) atoms. The lowest BCUT2D eigenvalue weighted by Crippen LogP contribution is -2.43. The van der Waals surface area contributed by atoms with Crippen LogP contribution in [0.1, 0.15) is 58.1 Å². The van der Waals surface area contributed by atoms with Gasteiger partial charge in [0.1, 0.15) is 0 Å². The number of nitrogens with zero attached hydrogens (tertiary/aromatic N) is 4. The molecule has 1 unspecified atom stereocenters. The third kappa shape index (κ3) is 6.33. The number of hydrogen-bond acceptors (Lipinski definition) is 8. The second kappa shape index (κ2) is 11.2. The molecule has 0 bridgehead atoms. The number of anilines is 1. The number of aromatic nitrogens is 5. The molecule has 2 aromatic heterocycles. The Morgan fingerprint density at radius 1 is 1.08 bits per heavy atom. The number of nitrogen functional groups attached to an aromatic ring is 1. The fourth-order valence-electron chi connectivity index (χ4n) is 4.25. The third-order valence-electron chi connectivity index (χ3n) is 7.40. The Bertz CT molecular complexity index is 1480. The molecule has 1 aliphatic rings. The van der Waals surface area contributed by atoms with Crippen molar-refractivity contribution in [1.82, 2.24) is 25.0 Å². The molecule has 0 saturated heterocycles. The van der Waals surface area contributed by atoms with Crippen LogP contribution in [-0.4, -0.2) is 33.3 Å². The number of benzene rings is 1. The van der Waals surface area contributed by atoms with Gasteiger partial charge < -0.3 is 14.9 Å². The zero-order chi connectivity index (χ0) is 28.7. The number of hydrogen-bond donors (Lipinski definition) is 2. The Morgan fingerprint density at radius 2 is 1.69 bits per heavy atom. The number of aromatic amines is 1. The summed E-state index contributed by atoms with van der Waals surface area (Å²) in [7, 11) is -2.16. The molecule has 1 atom stereocenters. The van der Waals surface area contributed by atoms with E-state index in [-0.39, 0.29) is 49.5 Å². The molecule has 10 nitrogen and oxygen atoms in total. The van der Waals surface area contributed by atoms with E-state index < -0.39 is 19.6 Å². The van der Waals surface area contributed by atoms with Crippen LogP contribution in [0, 0.1) is 5.92 Å². The monoisotopic (exact) mass is 612 g/mol. The van der Waals surface area contributed by atoms with Gasteiger partial charge in [-0.2, -0.15) is 4.68 Å². The number of ether oxygens (including phenoxy) is 1. The van der Waals surface area contributed by atoms with Crippen LogP contribution >= 0.6 is 34.8 Å². The predicted molar refractivity (Wildman–Crippen MR) is 155 cm³/mol. The summed E-state index contributed by atoms with van der Waals surface area (Å²) < 4.78 is 13.8. The number of halogens is 3. The number of nitrogens with two attached hydrogens (primary N) is 1. The predicted octanol–water partition coefficient (Wildman–Crippen LogP) is 6.30. The lowest BCUT2D eigenvalue weighted by atomic mass is 9.96. The average Bonchev–Trinajstić information content (AvgIpc) is 3.37. The Balaban J connectivity index is 1.69. The van der Waals surface area contributed by atoms with Crippen LogP contribution in [0.2, 0.25) is 33.3 Å². The Kier molecular flexibility index (Phi) is 8.49. The van der Waals surface area contributed by atoms with Crippen LogP contribution in [0.4, 0.5) is 5.82 Å². The molecule has 1 saturated carbocycles. The second-order valence-corrected chi connectivity index (χ2v) is 17.1. The highest BCUT2D eigenvalue weighted by atomic mass is 35.5. The van der Waals surface area contributed by atoms with Gasteiger partial charge in [0.05, 0.1) is 21.8 Å². The van der Waals surface area contributed by atoms with Gasteiger partial charge in [-0.3, -0.25) is 9.78 Å². The topological polar surface area (TPSA) is 138 Å². The fourth-order valence-corrected chi connectivity index (χ4v) is 6.31. The van der Waals surface area contributed by atoms with Gasteiger partial charge >= 0.3 is 5.69 Å². The molecule has 3 N–H and O–H groups in total. The van der Waals surface area contributed by atoms with Crippen molar-refractivity contribution in [3.05, 3.63) is 59.8 Å². The first-order valence-electron chi connectivity index (χ1n) is 12.6. The van der Waals surface area contributed by atoms with Crippen LogP contribution < -0.4 is 21.7 Å². The first kappa shape index (κ1) is 29.5. The minimum Gasteiger partial charge on any atom is -0.434 e. The van der Waals surface area contributed by atoms with Gasteiger partial charge in [-0.15, -0.1) is 15.3 Å². The summed E-state index contributed by atoms with van der Waals surface area (Å²) in [5, 5.41) is 12.4. The van der Waals surface area contributed by atoms with Crippen molar-refractivity contribution in [2.45, 2.75) is 70.7 Å². The van der Waals surface area contributed by atoms with Crippen molar-refractivity contribution in [2.75, 3.05) is 5.73 Å². The second-order valence-electron chi connectivity index (χ2n) is 11.2. The van der Waals surface area contributed by atoms with E-state index in [1.807, 2.05) is 0 Å². The molecular formula is C25H31Cl3N6O4Si. The zero-order valence-electron chi connectivity index (χ0n) is 22.3. The largest absolute Gasteiger partial charge is 0.434 e. The molecule has 4 rings (SSSR count). The van der Waals surface area contributed by atoms with Gasteiger partial charge in [-0.25, -0.2) is 4.79 Å². The lowest BCUT2D eigenvalue weighted by Gasteiger charge is -2.41. The smallest absolute Gasteiger partial charge is 0.349 e. The summed E-state index contributed by atoms with van der Waals surface area (Å²) in [6, 6.07) is 4.53. The van der Waals surface area contributed by atoms with E-state index in [4.69, 9.17) is 49.7 Å². The van der Waals surface area contributed by atoms with E-state index in [1.165, 1.54) is 12.1 Å². The van der Waals surface area contributed by atoms with Crippen molar-refractivity contribution in [3.63, 3.8) is 0 Å². The molecule has 0 aliphatic heterocycles. The van der Waals surface area contributed by atoms with Crippen LogP contribution in [0.25, 0.3) is 5.69 Å². The van der Waals surface area contributed by atoms with Crippen LogP contribution in [0.3, 0.4) is 0 Å². The average molecular weight is 614 g/mol. The summed E-state index contributed by atoms with van der Waals surface area (Å²) in [5.41, 5.74) is 4.85. The Labute approximate surface area is 241 Å². The molecule has 1 aliphatic carbocycles. The quantitative estimate of drug-likeness (QED) is 0.296. The summed E-state index contributed by atoms with van der Waals surface area (Å²) in [4.78, 5) is 25.9. The number of H-pyrrole nitrogens is 1. The summed E-state index contributed by atoms with van der Waals surface area (Å²) >= 11 is 19.6. The van der Waals surface area contributed by atoms with Crippen LogP contribution in [0.15, 0.2) is 27.8 Å². The zero-order valence-corrected chi connectivity index (χ0v) is 25.6. The number of nitrogens with one attached hydrogen (secondary N) is 1. The highest BCUT2D eigenvalue weighted by Crippen LogP contribution is 2.47. The number of rotatable bonds is 7. The highest BCUT2D eigenvalue weighted by Gasteiger charge is 2.42. The van der Waals surface area contributed by atoms with Crippen molar-refractivity contribution in [2.24, 2.45) is 5.92 Å². The summed E-state index contributed by atoms with van der Waals surface area (Å²) in [5.74, 6) is 0.146. The van der Waals surface area contributed by atoms with Crippen LogP contribution in [-0.2, 0) is 4.43 Å². The van der Waals surface area contributed by atoms with Crippen molar-refractivity contribution >= 4 is 48.9 Å². The maximum Gasteiger partial charge on any atom is 0.349 e. The van der Waals surface area contributed by atoms with Gasteiger partial charge in [0, 0.05) is 11.6 Å². The van der Waals surface area contributed by atoms with Gasteiger partial charge in [0.15, 0.2) is 19.2 Å². The molecule has 3 aromatic rings. The first-order valence-corrected chi connectivity index (χ1v) is 16.6. The minimum absolute atomic E-state index is 0.00613. The molecule has 2 heterocycles. The standard InChI is InChI=1S/C25H31Cl3N6O4Si/c1-25(2,3)39(4,5)38-19(13-8-6-7-9-13)15-12-18(31-32-21(15)28)37-20-16(26)10-14(11-17(20)27)34-24(36)30-23(35)22(29)33-34/h10-13,19H,6-9H2,1-5H3,(H2,29,33)(H,30,35,36). The SMILES string of the molecule is CC(C)(C)[Si](C)(C)OC(c1cc(Oc2c(Cl)cc(-n3nc(N)c(=O)[nH]c3=O)cc2Cl)nnc1Cl)C1CCCC1. The van der Waals surface area contributed by atoms with E-state index in [1.54, 1.807) is 6.07 Å². The maximum atomic E-state index is 12.2. The maximum absolute atomic E-state index is 12.2. The molecule has 1 aromatic carbocycles. The van der Waals surface area contributed by atoms with Gasteiger partial charge in [0.2, 0.25) is 11.7 Å². The minimum atomic E-state index is -2.16. The van der Waals surface area contributed by atoms with E-state index in [2.05, 4.69) is 54.1 Å². The van der Waals surface area contributed by atoms with E-state index >= 15 is 0 Å². The van der Waals surface area contributed by atoms with E-state index in [0.717, 1.165) is 30.4 Å². The molecule has 0 radical (unpaired) electrons. The summed E-state index contributed by atoms with van der Waals surface area (Å²) in [6.07, 6.45) is 4.10. The van der Waals surface area contributed by atoms with Crippen molar-refractivity contribution in [3.8, 4) is 17.3 Å². The molecule has 14 heteroatoms.